The number of hydrazine groups is 1. The van der Waals surface area contributed by atoms with E-state index in [0.717, 1.165) is 4.64 Å². The summed E-state index contributed by atoms with van der Waals surface area (Å²) in [5, 5.41) is 4.12. The van der Waals surface area contributed by atoms with Crippen LogP contribution in [0.25, 0.3) is 0 Å². The fourth-order valence-corrected chi connectivity index (χ4v) is 1.04. The lowest BCUT2D eigenvalue weighted by atomic mass is 10.6. The minimum atomic E-state index is 0. The van der Waals surface area contributed by atoms with E-state index in [9.17, 15) is 0 Å². The molecule has 1 heterocycles. The molecule has 1 aliphatic heterocycles. The summed E-state index contributed by atoms with van der Waals surface area (Å²) in [5.41, 5.74) is 2.46. The molecule has 0 aromatic heterocycles. The molecule has 0 saturated carbocycles. The van der Waals surface area contributed by atoms with Crippen molar-refractivity contribution >= 4 is 52.6 Å². The van der Waals surface area contributed by atoms with Crippen molar-refractivity contribution in [2.75, 3.05) is 0 Å². The van der Waals surface area contributed by atoms with Crippen LogP contribution in [0, 0.1) is 0 Å². The van der Waals surface area contributed by atoms with Crippen LogP contribution in [-0.2, 0) is 0 Å². The predicted octanol–water partition coefficient (Wildman–Crippen LogP) is 2.01. The van der Waals surface area contributed by atoms with Gasteiger partial charge in [0.25, 0.3) is 0 Å². The van der Waals surface area contributed by atoms with Crippen molar-refractivity contribution in [3.05, 3.63) is 11.2 Å². The number of rotatable bonds is 0. The Morgan fingerprint density at radius 1 is 1.50 bits per heavy atom. The number of nitrogens with one attached hydrogen (secondary N) is 1. The molecular formula is C3H3Cl4N3. The first kappa shape index (κ1) is 10.2. The highest BCUT2D eigenvalue weighted by Crippen LogP contribution is 2.08. The zero-order chi connectivity index (χ0) is 6.85. The van der Waals surface area contributed by atoms with E-state index in [-0.39, 0.29) is 17.6 Å². The third-order valence-corrected chi connectivity index (χ3v) is 1.17. The topological polar surface area (TPSA) is 27.6 Å². The maximum absolute atomic E-state index is 5.46. The third-order valence-electron chi connectivity index (χ3n) is 0.628. The first-order chi connectivity index (χ1) is 4.18. The van der Waals surface area contributed by atoms with E-state index >= 15 is 0 Å². The van der Waals surface area contributed by atoms with Crippen LogP contribution in [0.15, 0.2) is 16.3 Å². The molecule has 0 atom stereocenters. The molecule has 0 saturated heterocycles. The number of hydrogen-bond acceptors (Lipinski definition) is 3. The van der Waals surface area contributed by atoms with E-state index in [0.29, 0.717) is 5.16 Å². The first-order valence-electron chi connectivity index (χ1n) is 2.02. The van der Waals surface area contributed by atoms with Gasteiger partial charge < -0.3 is 0 Å². The van der Waals surface area contributed by atoms with Crippen LogP contribution < -0.4 is 5.43 Å². The van der Waals surface area contributed by atoms with Crippen molar-refractivity contribution in [1.82, 2.24) is 10.1 Å². The van der Waals surface area contributed by atoms with Crippen LogP contribution in [0.2, 0.25) is 0 Å². The second-order valence-corrected chi connectivity index (χ2v) is 2.40. The maximum atomic E-state index is 5.46. The number of halogens is 4. The summed E-state index contributed by atoms with van der Waals surface area (Å²) >= 11 is 16.2. The van der Waals surface area contributed by atoms with Crippen LogP contribution >= 0.6 is 47.4 Å². The van der Waals surface area contributed by atoms with E-state index < -0.39 is 0 Å². The van der Waals surface area contributed by atoms with Gasteiger partial charge in [-0.05, 0) is 0 Å². The molecule has 0 amide bonds. The molecule has 1 rings (SSSR count). The van der Waals surface area contributed by atoms with E-state index in [2.05, 4.69) is 10.5 Å². The van der Waals surface area contributed by atoms with Gasteiger partial charge in [0.2, 0.25) is 0 Å². The van der Waals surface area contributed by atoms with Gasteiger partial charge in [0, 0.05) is 6.08 Å². The molecule has 0 radical (unpaired) electrons. The molecule has 58 valence electrons. The second kappa shape index (κ2) is 4.13. The molecule has 3 nitrogen and oxygen atoms in total. The summed E-state index contributed by atoms with van der Waals surface area (Å²) in [6, 6.07) is 0. The third kappa shape index (κ3) is 2.84. The van der Waals surface area contributed by atoms with Crippen molar-refractivity contribution in [3.8, 4) is 0 Å². The molecule has 0 spiro atoms. The van der Waals surface area contributed by atoms with Gasteiger partial charge in [-0.3, -0.25) is 5.43 Å². The zero-order valence-electron chi connectivity index (χ0n) is 4.51. The summed E-state index contributed by atoms with van der Waals surface area (Å²) in [6.45, 7) is 0. The Bertz CT molecular complexity index is 177. The smallest absolute Gasteiger partial charge is 0.155 e. The van der Waals surface area contributed by atoms with Gasteiger partial charge in [0.05, 0.1) is 11.8 Å². The zero-order valence-corrected chi connectivity index (χ0v) is 7.60. The Balaban J connectivity index is 0.000000810. The summed E-state index contributed by atoms with van der Waals surface area (Å²) in [5.74, 6) is 0. The van der Waals surface area contributed by atoms with Crippen LogP contribution in [0.4, 0.5) is 0 Å². The highest BCUT2D eigenvalue weighted by atomic mass is 35.5. The van der Waals surface area contributed by atoms with Crippen LogP contribution in [0.5, 0.6) is 0 Å². The van der Waals surface area contributed by atoms with Gasteiger partial charge in [-0.1, -0.05) is 23.2 Å². The molecule has 0 bridgehead atoms. The van der Waals surface area contributed by atoms with Gasteiger partial charge in [-0.25, -0.2) is 0 Å². The van der Waals surface area contributed by atoms with Crippen LogP contribution in [0.3, 0.4) is 0 Å². The number of allylic oxidation sites excluding steroid dienone is 1. The Kier molecular flexibility index (Phi) is 4.20. The summed E-state index contributed by atoms with van der Waals surface area (Å²) in [6.07, 6.45) is 1.45. The monoisotopic (exact) mass is 221 g/mol. The molecule has 0 aliphatic carbocycles. The van der Waals surface area contributed by atoms with Gasteiger partial charge >= 0.3 is 0 Å². The van der Waals surface area contributed by atoms with Crippen molar-refractivity contribution in [2.24, 2.45) is 5.10 Å². The normalized spacial score (nSPS) is 16.5. The predicted molar refractivity (Wildman–Crippen MR) is 45.3 cm³/mol. The number of hydrazone groups is 1. The minimum absolute atomic E-state index is 0. The molecule has 0 unspecified atom stereocenters. The van der Waals surface area contributed by atoms with Gasteiger partial charge in [-0.2, -0.15) is 0 Å². The Morgan fingerprint density at radius 2 is 2.10 bits per heavy atom. The fourth-order valence-electron chi connectivity index (χ4n) is 0.363. The minimum Gasteiger partial charge on any atom is -0.256 e. The Labute approximate surface area is 79.1 Å². The molecule has 1 aliphatic rings. The summed E-state index contributed by atoms with van der Waals surface area (Å²) in [7, 11) is 0. The second-order valence-electron chi connectivity index (χ2n) is 1.29. The van der Waals surface area contributed by atoms with Gasteiger partial charge in [-0.15, -0.1) is 22.1 Å². The lowest BCUT2D eigenvalue weighted by molar-refractivity contribution is 0.407. The quantitative estimate of drug-likeness (QED) is 0.502. The molecule has 7 heteroatoms. The first-order valence-corrected chi connectivity index (χ1v) is 3.12. The SMILES string of the molecule is Cl.ClC1=CC(Cl)=NN(Cl)N1. The van der Waals surface area contributed by atoms with Crippen molar-refractivity contribution in [1.29, 1.82) is 0 Å². The molecule has 1 N–H and O–H groups in total. The lowest BCUT2D eigenvalue weighted by Crippen LogP contribution is -2.26. The summed E-state index contributed by atoms with van der Waals surface area (Å²) in [4.78, 5) is 0. The van der Waals surface area contributed by atoms with Gasteiger partial charge in [0.1, 0.15) is 5.16 Å². The Hall–Kier alpha value is 0.170. The van der Waals surface area contributed by atoms with Crippen LogP contribution in [-0.4, -0.2) is 9.81 Å². The van der Waals surface area contributed by atoms with E-state index in [1.165, 1.54) is 6.08 Å². The van der Waals surface area contributed by atoms with Crippen LogP contribution in [0.1, 0.15) is 0 Å². The number of nitrogens with zero attached hydrogens (tertiary/aromatic N) is 2. The molecule has 10 heavy (non-hydrogen) atoms. The summed E-state index contributed by atoms with van der Waals surface area (Å²) < 4.78 is 0.907. The average Bonchev–Trinajstić information content (AvgIpc) is 1.59. The molecule has 0 aromatic rings. The standard InChI is InChI=1S/C3H2Cl3N3.ClH/c4-2-1-3(5)8-9(6)7-2;/h1,7H;1H. The highest BCUT2D eigenvalue weighted by molar-refractivity contribution is 6.69. The van der Waals surface area contributed by atoms with Crippen molar-refractivity contribution in [3.63, 3.8) is 0 Å². The van der Waals surface area contributed by atoms with E-state index in [1.54, 1.807) is 0 Å². The maximum Gasteiger partial charge on any atom is 0.155 e. The van der Waals surface area contributed by atoms with Gasteiger partial charge in [0.15, 0.2) is 5.17 Å². The van der Waals surface area contributed by atoms with Crippen molar-refractivity contribution in [2.45, 2.75) is 0 Å². The highest BCUT2D eigenvalue weighted by Gasteiger charge is 2.05. The lowest BCUT2D eigenvalue weighted by Gasteiger charge is -2.14. The molecule has 0 aromatic carbocycles. The van der Waals surface area contributed by atoms with E-state index in [4.69, 9.17) is 35.0 Å². The molecular weight excluding hydrogens is 220 g/mol. The fraction of sp³-hybridized carbons (Fsp3) is 0. The van der Waals surface area contributed by atoms with E-state index in [1.807, 2.05) is 0 Å². The molecule has 0 fully saturated rings. The number of hydrogen-bond donors (Lipinski definition) is 1. The average molecular weight is 223 g/mol. The largest absolute Gasteiger partial charge is 0.256 e. The Morgan fingerprint density at radius 3 is 2.50 bits per heavy atom. The van der Waals surface area contributed by atoms with Crippen molar-refractivity contribution < 1.29 is 0 Å².